The maximum absolute atomic E-state index is 12.0. The number of sulfonamides is 1. The molecule has 0 spiro atoms. The van der Waals surface area contributed by atoms with Crippen LogP contribution in [-0.4, -0.2) is 54.5 Å². The van der Waals surface area contributed by atoms with Gasteiger partial charge in [-0.15, -0.1) is 0 Å². The van der Waals surface area contributed by atoms with Crippen molar-refractivity contribution in [1.82, 2.24) is 4.72 Å². The maximum atomic E-state index is 12.0. The van der Waals surface area contributed by atoms with E-state index in [9.17, 15) is 13.2 Å². The van der Waals surface area contributed by atoms with E-state index in [1.54, 1.807) is 19.1 Å². The van der Waals surface area contributed by atoms with Crippen LogP contribution in [0.2, 0.25) is 0 Å². The Morgan fingerprint density at radius 3 is 2.04 bits per heavy atom. The Morgan fingerprint density at radius 1 is 1.12 bits per heavy atom. The van der Waals surface area contributed by atoms with Gasteiger partial charge in [-0.3, -0.25) is 4.79 Å². The monoisotopic (exact) mass is 360 g/mol. The Hall–Kier alpha value is -2.00. The molecule has 0 atom stereocenters. The van der Waals surface area contributed by atoms with Gasteiger partial charge in [-0.05, 0) is 6.92 Å². The van der Waals surface area contributed by atoms with Crippen LogP contribution in [0.4, 0.5) is 5.69 Å². The molecule has 0 radical (unpaired) electrons. The summed E-state index contributed by atoms with van der Waals surface area (Å²) < 4.78 is 41.2. The second kappa shape index (κ2) is 8.74. The van der Waals surface area contributed by atoms with Crippen molar-refractivity contribution < 1.29 is 27.4 Å². The van der Waals surface area contributed by atoms with Crippen LogP contribution in [0.5, 0.6) is 17.2 Å². The first-order valence-electron chi connectivity index (χ1n) is 7.35. The first-order valence-corrected chi connectivity index (χ1v) is 9.00. The number of methoxy groups -OCH3 is 3. The zero-order valence-corrected chi connectivity index (χ0v) is 15.4. The Balaban J connectivity index is 3.10. The Morgan fingerprint density at radius 2 is 1.67 bits per heavy atom. The number of rotatable bonds is 9. The van der Waals surface area contributed by atoms with Gasteiger partial charge in [-0.1, -0.05) is 0 Å². The molecule has 136 valence electrons. The van der Waals surface area contributed by atoms with Crippen LogP contribution >= 0.6 is 0 Å². The molecule has 0 fully saturated rings. The minimum absolute atomic E-state index is 0.0166. The van der Waals surface area contributed by atoms with Crippen LogP contribution in [0.25, 0.3) is 0 Å². The van der Waals surface area contributed by atoms with E-state index in [0.717, 1.165) is 0 Å². The summed E-state index contributed by atoms with van der Waals surface area (Å²) >= 11 is 0. The van der Waals surface area contributed by atoms with Crippen LogP contribution in [0.1, 0.15) is 13.8 Å². The van der Waals surface area contributed by atoms with Crippen molar-refractivity contribution in [3.63, 3.8) is 0 Å². The third-order valence-corrected chi connectivity index (χ3v) is 4.78. The largest absolute Gasteiger partial charge is 0.493 e. The molecular formula is C15H24N2O6S. The number of hydrogen-bond acceptors (Lipinski definition) is 6. The van der Waals surface area contributed by atoms with E-state index in [4.69, 9.17) is 14.2 Å². The predicted octanol–water partition coefficient (Wildman–Crippen LogP) is 1.00. The van der Waals surface area contributed by atoms with Gasteiger partial charge in [0.1, 0.15) is 0 Å². The van der Waals surface area contributed by atoms with Crippen LogP contribution in [0.3, 0.4) is 0 Å². The zero-order chi connectivity index (χ0) is 18.3. The molecule has 1 rings (SSSR count). The van der Waals surface area contributed by atoms with Crippen LogP contribution < -0.4 is 23.8 Å². The third kappa shape index (κ3) is 5.00. The van der Waals surface area contributed by atoms with Gasteiger partial charge < -0.3 is 19.1 Å². The molecule has 0 aromatic heterocycles. The summed E-state index contributed by atoms with van der Waals surface area (Å²) in [5.41, 5.74) is 0.521. The Bertz CT molecular complexity index is 650. The fourth-order valence-corrected chi connectivity index (χ4v) is 2.71. The zero-order valence-electron chi connectivity index (χ0n) is 14.6. The molecule has 1 aromatic rings. The molecule has 9 heteroatoms. The van der Waals surface area contributed by atoms with E-state index < -0.39 is 10.0 Å². The van der Waals surface area contributed by atoms with Gasteiger partial charge in [-0.25, -0.2) is 13.1 Å². The van der Waals surface area contributed by atoms with Crippen LogP contribution in [0.15, 0.2) is 12.1 Å². The van der Waals surface area contributed by atoms with Gasteiger partial charge in [0, 0.05) is 32.1 Å². The normalized spacial score (nSPS) is 11.0. The fourth-order valence-electron chi connectivity index (χ4n) is 2.11. The lowest BCUT2D eigenvalue weighted by Gasteiger charge is -2.23. The molecule has 0 unspecified atom stereocenters. The molecule has 1 amide bonds. The number of nitrogens with one attached hydrogen (secondary N) is 1. The number of benzene rings is 1. The van der Waals surface area contributed by atoms with E-state index >= 15 is 0 Å². The average Bonchev–Trinajstić information content (AvgIpc) is 2.56. The SMILES string of the molecule is CCS(=O)(=O)NCCN(C(C)=O)c1cc(OC)c(OC)c(OC)c1. The number of anilines is 1. The van der Waals surface area contributed by atoms with Crippen molar-refractivity contribution in [1.29, 1.82) is 0 Å². The fraction of sp³-hybridized carbons (Fsp3) is 0.533. The van der Waals surface area contributed by atoms with Crippen molar-refractivity contribution in [3.8, 4) is 17.2 Å². The molecule has 0 saturated carbocycles. The van der Waals surface area contributed by atoms with E-state index in [1.165, 1.54) is 33.2 Å². The van der Waals surface area contributed by atoms with Gasteiger partial charge in [0.2, 0.25) is 21.7 Å². The van der Waals surface area contributed by atoms with Crippen molar-refractivity contribution in [2.45, 2.75) is 13.8 Å². The predicted molar refractivity (Wildman–Crippen MR) is 91.6 cm³/mol. The number of nitrogens with zero attached hydrogens (tertiary/aromatic N) is 1. The minimum atomic E-state index is -3.32. The molecule has 0 heterocycles. The van der Waals surface area contributed by atoms with E-state index in [-0.39, 0.29) is 24.7 Å². The van der Waals surface area contributed by atoms with Gasteiger partial charge in [0.15, 0.2) is 11.5 Å². The Labute approximate surface area is 142 Å². The molecule has 0 saturated heterocycles. The van der Waals surface area contributed by atoms with Crippen LogP contribution in [-0.2, 0) is 14.8 Å². The number of carbonyl (C=O) groups is 1. The highest BCUT2D eigenvalue weighted by molar-refractivity contribution is 7.89. The molecule has 0 aliphatic carbocycles. The third-order valence-electron chi connectivity index (χ3n) is 3.38. The second-order valence-electron chi connectivity index (χ2n) is 4.85. The van der Waals surface area contributed by atoms with E-state index in [2.05, 4.69) is 4.72 Å². The summed E-state index contributed by atoms with van der Waals surface area (Å²) in [6.07, 6.45) is 0. The van der Waals surface area contributed by atoms with Crippen molar-refractivity contribution in [2.24, 2.45) is 0 Å². The summed E-state index contributed by atoms with van der Waals surface area (Å²) in [4.78, 5) is 13.4. The molecule has 24 heavy (non-hydrogen) atoms. The number of ether oxygens (including phenoxy) is 3. The molecule has 0 aliphatic heterocycles. The lowest BCUT2D eigenvalue weighted by molar-refractivity contribution is -0.116. The van der Waals surface area contributed by atoms with E-state index in [1.807, 2.05) is 0 Å². The molecule has 0 bridgehead atoms. The lowest BCUT2D eigenvalue weighted by Crippen LogP contribution is -2.38. The van der Waals surface area contributed by atoms with Gasteiger partial charge >= 0.3 is 0 Å². The smallest absolute Gasteiger partial charge is 0.223 e. The van der Waals surface area contributed by atoms with Crippen molar-refractivity contribution in [3.05, 3.63) is 12.1 Å². The van der Waals surface area contributed by atoms with Crippen LogP contribution in [0, 0.1) is 0 Å². The number of amides is 1. The van der Waals surface area contributed by atoms with Gasteiger partial charge in [0.05, 0.1) is 32.8 Å². The Kier molecular flexibility index (Phi) is 7.30. The molecular weight excluding hydrogens is 336 g/mol. The first kappa shape index (κ1) is 20.0. The standard InChI is InChI=1S/C15H24N2O6S/c1-6-24(19,20)16-7-8-17(11(2)18)12-9-13(21-3)15(23-5)14(10-12)22-4/h9-10,16H,6-8H2,1-5H3. The summed E-state index contributed by atoms with van der Waals surface area (Å²) in [5.74, 6) is 0.982. The van der Waals surface area contributed by atoms with Crippen molar-refractivity contribution in [2.75, 3.05) is 45.1 Å². The summed E-state index contributed by atoms with van der Waals surface area (Å²) in [6.45, 7) is 3.22. The highest BCUT2D eigenvalue weighted by atomic mass is 32.2. The quantitative estimate of drug-likeness (QED) is 0.706. The number of carbonyl (C=O) groups excluding carboxylic acids is 1. The molecule has 1 aromatic carbocycles. The number of hydrogen-bond donors (Lipinski definition) is 1. The summed E-state index contributed by atoms with van der Waals surface area (Å²) in [7, 11) is 1.13. The van der Waals surface area contributed by atoms with Gasteiger partial charge in [-0.2, -0.15) is 0 Å². The summed E-state index contributed by atoms with van der Waals surface area (Å²) in [6, 6.07) is 3.27. The molecule has 8 nitrogen and oxygen atoms in total. The topological polar surface area (TPSA) is 94.2 Å². The second-order valence-corrected chi connectivity index (χ2v) is 6.95. The lowest BCUT2D eigenvalue weighted by atomic mass is 10.2. The molecule has 1 N–H and O–H groups in total. The summed E-state index contributed by atoms with van der Waals surface area (Å²) in [5, 5.41) is 0. The average molecular weight is 360 g/mol. The maximum Gasteiger partial charge on any atom is 0.223 e. The first-order chi connectivity index (χ1) is 11.3. The highest BCUT2D eigenvalue weighted by Gasteiger charge is 2.19. The highest BCUT2D eigenvalue weighted by Crippen LogP contribution is 2.41. The minimum Gasteiger partial charge on any atom is -0.493 e. The van der Waals surface area contributed by atoms with Gasteiger partial charge in [0.25, 0.3) is 0 Å². The molecule has 0 aliphatic rings. The van der Waals surface area contributed by atoms with E-state index in [0.29, 0.717) is 22.9 Å². The van der Waals surface area contributed by atoms with Crippen molar-refractivity contribution >= 4 is 21.6 Å².